The lowest BCUT2D eigenvalue weighted by Gasteiger charge is -2.17. The third-order valence-electron chi connectivity index (χ3n) is 3.55. The molecule has 1 heterocycles. The topological polar surface area (TPSA) is 38.3 Å². The molecule has 0 fully saturated rings. The van der Waals surface area contributed by atoms with Crippen molar-refractivity contribution in [1.29, 1.82) is 0 Å². The molecule has 4 heteroatoms. The number of hydrogen-bond acceptors (Lipinski definition) is 2. The number of hydrogen-bond donors (Lipinski definition) is 1. The van der Waals surface area contributed by atoms with Crippen molar-refractivity contribution >= 4 is 23.6 Å². The number of carbonyl (C=O) groups is 1. The van der Waals surface area contributed by atoms with E-state index in [0.29, 0.717) is 17.1 Å². The van der Waals surface area contributed by atoms with Gasteiger partial charge in [-0.15, -0.1) is 0 Å². The fraction of sp³-hybridized carbons (Fsp3) is 0.167. The van der Waals surface area contributed by atoms with Gasteiger partial charge in [0.15, 0.2) is 0 Å². The zero-order chi connectivity index (χ0) is 15.5. The average Bonchev–Trinajstić information content (AvgIpc) is 2.53. The lowest BCUT2D eigenvalue weighted by Crippen LogP contribution is -2.28. The van der Waals surface area contributed by atoms with Crippen LogP contribution in [-0.2, 0) is 11.3 Å². The van der Waals surface area contributed by atoms with Crippen LogP contribution >= 0.6 is 11.6 Å². The van der Waals surface area contributed by atoms with Gasteiger partial charge in [0.25, 0.3) is 5.91 Å². The van der Waals surface area contributed by atoms with E-state index in [9.17, 15) is 4.79 Å². The van der Waals surface area contributed by atoms with Gasteiger partial charge in [0, 0.05) is 17.1 Å². The first-order valence-corrected chi connectivity index (χ1v) is 7.46. The molecule has 0 unspecified atom stereocenters. The summed E-state index contributed by atoms with van der Waals surface area (Å²) in [5, 5.41) is 3.54. The van der Waals surface area contributed by atoms with Gasteiger partial charge in [-0.3, -0.25) is 4.79 Å². The summed E-state index contributed by atoms with van der Waals surface area (Å²) in [6.07, 6.45) is 1.83. The smallest absolute Gasteiger partial charge is 0.250 e. The highest BCUT2D eigenvalue weighted by Gasteiger charge is 2.17. The Morgan fingerprint density at radius 1 is 1.23 bits per heavy atom. The molecule has 0 spiro atoms. The third kappa shape index (κ3) is 3.31. The molecule has 2 aromatic carbocycles. The molecule has 0 saturated carbocycles. The molecule has 0 bridgehead atoms. The Bertz CT molecular complexity index is 735. The minimum absolute atomic E-state index is 0.119. The second-order valence-electron chi connectivity index (χ2n) is 5.31. The Morgan fingerprint density at radius 2 is 2.00 bits per heavy atom. The summed E-state index contributed by atoms with van der Waals surface area (Å²) in [4.78, 5) is 12.2. The molecule has 0 saturated heterocycles. The van der Waals surface area contributed by atoms with Crippen molar-refractivity contribution in [2.75, 3.05) is 6.61 Å². The van der Waals surface area contributed by atoms with Gasteiger partial charge in [-0.2, -0.15) is 0 Å². The van der Waals surface area contributed by atoms with Crippen molar-refractivity contribution in [2.45, 2.75) is 13.5 Å². The lowest BCUT2D eigenvalue weighted by molar-refractivity contribution is -0.117. The van der Waals surface area contributed by atoms with Gasteiger partial charge in [-0.1, -0.05) is 41.4 Å². The van der Waals surface area contributed by atoms with Crippen LogP contribution in [0.15, 0.2) is 48.0 Å². The fourth-order valence-electron chi connectivity index (χ4n) is 2.28. The van der Waals surface area contributed by atoms with Gasteiger partial charge in [-0.25, -0.2) is 0 Å². The Balaban J connectivity index is 1.69. The van der Waals surface area contributed by atoms with E-state index in [-0.39, 0.29) is 12.5 Å². The summed E-state index contributed by atoms with van der Waals surface area (Å²) in [7, 11) is 0. The van der Waals surface area contributed by atoms with Crippen LogP contribution in [0.1, 0.15) is 16.7 Å². The number of aryl methyl sites for hydroxylation is 1. The maximum absolute atomic E-state index is 12.2. The standard InChI is InChI=1S/C18H16ClNO2/c1-12-2-4-13(5-3-12)10-20-18(21)15-8-14-9-16(19)6-7-17(14)22-11-15/h2-9H,10-11H2,1H3,(H,20,21). The van der Waals surface area contributed by atoms with Crippen molar-refractivity contribution in [3.05, 3.63) is 69.8 Å². The first-order chi connectivity index (χ1) is 10.6. The number of fused-ring (bicyclic) bond motifs is 1. The van der Waals surface area contributed by atoms with Crippen LogP contribution in [0.5, 0.6) is 5.75 Å². The zero-order valence-corrected chi connectivity index (χ0v) is 13.0. The molecular formula is C18H16ClNO2. The second kappa shape index (κ2) is 6.24. The Labute approximate surface area is 134 Å². The highest BCUT2D eigenvalue weighted by molar-refractivity contribution is 6.30. The number of nitrogens with one attached hydrogen (secondary N) is 1. The van der Waals surface area contributed by atoms with Crippen LogP contribution in [0, 0.1) is 6.92 Å². The highest BCUT2D eigenvalue weighted by atomic mass is 35.5. The molecule has 0 aromatic heterocycles. The Morgan fingerprint density at radius 3 is 2.77 bits per heavy atom. The molecule has 1 amide bonds. The summed E-state index contributed by atoms with van der Waals surface area (Å²) in [5.74, 6) is 0.630. The van der Waals surface area contributed by atoms with Crippen LogP contribution in [0.4, 0.5) is 0 Å². The van der Waals surface area contributed by atoms with Gasteiger partial charge < -0.3 is 10.1 Å². The quantitative estimate of drug-likeness (QED) is 0.937. The maximum atomic E-state index is 12.2. The van der Waals surface area contributed by atoms with Crippen molar-refractivity contribution in [1.82, 2.24) is 5.32 Å². The molecular weight excluding hydrogens is 298 g/mol. The molecule has 22 heavy (non-hydrogen) atoms. The SMILES string of the molecule is Cc1ccc(CNC(=O)C2=Cc3cc(Cl)ccc3OC2)cc1. The molecule has 112 valence electrons. The normalized spacial score (nSPS) is 12.9. The number of ether oxygens (including phenoxy) is 1. The van der Waals surface area contributed by atoms with Crippen LogP contribution in [-0.4, -0.2) is 12.5 Å². The summed E-state index contributed by atoms with van der Waals surface area (Å²) >= 11 is 5.97. The minimum atomic E-state index is -0.119. The molecule has 0 atom stereocenters. The van der Waals surface area contributed by atoms with Gasteiger partial charge in [-0.05, 0) is 36.8 Å². The van der Waals surface area contributed by atoms with E-state index in [1.54, 1.807) is 12.1 Å². The second-order valence-corrected chi connectivity index (χ2v) is 5.75. The largest absolute Gasteiger partial charge is 0.488 e. The summed E-state index contributed by atoms with van der Waals surface area (Å²) in [6.45, 7) is 2.81. The van der Waals surface area contributed by atoms with Crippen molar-refractivity contribution in [3.63, 3.8) is 0 Å². The van der Waals surface area contributed by atoms with Gasteiger partial charge in [0.1, 0.15) is 12.4 Å². The van der Waals surface area contributed by atoms with Crippen molar-refractivity contribution in [3.8, 4) is 5.75 Å². The van der Waals surface area contributed by atoms with Crippen LogP contribution in [0.3, 0.4) is 0 Å². The molecule has 0 radical (unpaired) electrons. The Kier molecular flexibility index (Phi) is 4.16. The molecule has 3 rings (SSSR count). The van der Waals surface area contributed by atoms with E-state index in [1.165, 1.54) is 5.56 Å². The van der Waals surface area contributed by atoms with E-state index in [1.807, 2.05) is 43.3 Å². The van der Waals surface area contributed by atoms with E-state index in [2.05, 4.69) is 5.32 Å². The lowest BCUT2D eigenvalue weighted by atomic mass is 10.1. The number of halogens is 1. The number of benzene rings is 2. The predicted molar refractivity (Wildman–Crippen MR) is 87.9 cm³/mol. The first kappa shape index (κ1) is 14.7. The molecule has 0 aliphatic carbocycles. The summed E-state index contributed by atoms with van der Waals surface area (Å²) < 4.78 is 5.59. The molecule has 2 aromatic rings. The third-order valence-corrected chi connectivity index (χ3v) is 3.79. The zero-order valence-electron chi connectivity index (χ0n) is 12.2. The Hall–Kier alpha value is -2.26. The molecule has 1 aliphatic heterocycles. The summed E-state index contributed by atoms with van der Waals surface area (Å²) in [6, 6.07) is 13.5. The van der Waals surface area contributed by atoms with Gasteiger partial charge in [0.05, 0.1) is 5.57 Å². The van der Waals surface area contributed by atoms with Gasteiger partial charge >= 0.3 is 0 Å². The summed E-state index contributed by atoms with van der Waals surface area (Å²) in [5.41, 5.74) is 3.70. The monoisotopic (exact) mass is 313 g/mol. The van der Waals surface area contributed by atoms with Crippen molar-refractivity contribution < 1.29 is 9.53 Å². The number of amides is 1. The van der Waals surface area contributed by atoms with E-state index in [0.717, 1.165) is 16.9 Å². The van der Waals surface area contributed by atoms with E-state index in [4.69, 9.17) is 16.3 Å². The average molecular weight is 314 g/mol. The molecule has 1 N–H and O–H groups in total. The fourth-order valence-corrected chi connectivity index (χ4v) is 2.46. The van der Waals surface area contributed by atoms with Gasteiger partial charge in [0.2, 0.25) is 0 Å². The molecule has 1 aliphatic rings. The van der Waals surface area contributed by atoms with Crippen LogP contribution in [0.25, 0.3) is 6.08 Å². The first-order valence-electron chi connectivity index (χ1n) is 7.08. The van der Waals surface area contributed by atoms with E-state index < -0.39 is 0 Å². The molecule has 3 nitrogen and oxygen atoms in total. The minimum Gasteiger partial charge on any atom is -0.488 e. The maximum Gasteiger partial charge on any atom is 0.250 e. The highest BCUT2D eigenvalue weighted by Crippen LogP contribution is 2.28. The van der Waals surface area contributed by atoms with Crippen molar-refractivity contribution in [2.24, 2.45) is 0 Å². The number of rotatable bonds is 3. The van der Waals surface area contributed by atoms with E-state index >= 15 is 0 Å². The number of carbonyl (C=O) groups excluding carboxylic acids is 1. The predicted octanol–water partition coefficient (Wildman–Crippen LogP) is 3.74. The van der Waals surface area contributed by atoms with Crippen LogP contribution in [0.2, 0.25) is 5.02 Å². The van der Waals surface area contributed by atoms with Crippen LogP contribution < -0.4 is 10.1 Å².